The maximum Gasteiger partial charge on any atom is 0.409 e. The minimum Gasteiger partial charge on any atom is -0.481 e. The number of halogens is 3. The summed E-state index contributed by atoms with van der Waals surface area (Å²) in [5.74, 6) is -3.81. The minimum atomic E-state index is -4.70. The van der Waals surface area contributed by atoms with Crippen molar-refractivity contribution in [1.82, 2.24) is 4.90 Å². The van der Waals surface area contributed by atoms with Gasteiger partial charge in [-0.2, -0.15) is 13.2 Å². The van der Waals surface area contributed by atoms with E-state index in [-0.39, 0.29) is 19.4 Å². The third-order valence-corrected chi connectivity index (χ3v) is 2.69. The van der Waals surface area contributed by atoms with Crippen LogP contribution in [0.25, 0.3) is 0 Å². The maximum atomic E-state index is 12.7. The number of hydrogen-bond donors (Lipinski definition) is 1. The van der Waals surface area contributed by atoms with Crippen LogP contribution in [0.4, 0.5) is 13.2 Å². The molecule has 1 rings (SSSR count). The fourth-order valence-corrected chi connectivity index (χ4v) is 2.01. The number of carboxylic acids is 1. The summed E-state index contributed by atoms with van der Waals surface area (Å²) in [7, 11) is 0. The van der Waals surface area contributed by atoms with Crippen molar-refractivity contribution in [1.29, 1.82) is 0 Å². The van der Waals surface area contributed by atoms with Crippen LogP contribution in [0.3, 0.4) is 0 Å². The van der Waals surface area contributed by atoms with E-state index in [4.69, 9.17) is 5.11 Å². The van der Waals surface area contributed by atoms with E-state index in [9.17, 15) is 22.8 Å². The predicted octanol–water partition coefficient (Wildman–Crippen LogP) is 1.26. The number of piperidine rings is 1. The van der Waals surface area contributed by atoms with Crippen LogP contribution < -0.4 is 0 Å². The monoisotopic (exact) mass is 239 g/mol. The molecule has 1 saturated heterocycles. The molecule has 1 amide bonds. The molecule has 92 valence electrons. The molecule has 0 aromatic carbocycles. The molecule has 0 spiro atoms. The average Bonchev–Trinajstić information content (AvgIpc) is 2.15. The topological polar surface area (TPSA) is 57.6 Å². The van der Waals surface area contributed by atoms with E-state index < -0.39 is 30.0 Å². The summed E-state index contributed by atoms with van der Waals surface area (Å²) in [4.78, 5) is 22.4. The maximum absolute atomic E-state index is 12.7. The largest absolute Gasteiger partial charge is 0.481 e. The summed E-state index contributed by atoms with van der Waals surface area (Å²) >= 11 is 0. The number of carboxylic acid groups (broad SMARTS) is 1. The first-order valence-electron chi connectivity index (χ1n) is 4.82. The lowest BCUT2D eigenvalue weighted by Gasteiger charge is -2.39. The molecule has 1 aliphatic heterocycles. The zero-order chi connectivity index (χ0) is 12.5. The van der Waals surface area contributed by atoms with Gasteiger partial charge in [0.1, 0.15) is 6.04 Å². The summed E-state index contributed by atoms with van der Waals surface area (Å²) in [6.45, 7) is 0.978. The van der Waals surface area contributed by atoms with Crippen molar-refractivity contribution in [2.75, 3.05) is 6.54 Å². The van der Waals surface area contributed by atoms with E-state index in [0.29, 0.717) is 4.90 Å². The molecular formula is C9H12F3NO3. The number of nitrogens with zero attached hydrogens (tertiary/aromatic N) is 1. The Morgan fingerprint density at radius 1 is 1.38 bits per heavy atom. The molecule has 0 bridgehead atoms. The summed E-state index contributed by atoms with van der Waals surface area (Å²) < 4.78 is 38.1. The second-order valence-electron chi connectivity index (χ2n) is 3.79. The SMILES string of the molecule is CC(=O)N1CCC[C@@H](C(=O)O)[C@H]1C(F)(F)F. The highest BCUT2D eigenvalue weighted by Gasteiger charge is 2.53. The molecule has 0 unspecified atom stereocenters. The summed E-state index contributed by atoms with van der Waals surface area (Å²) in [6.07, 6.45) is -4.47. The van der Waals surface area contributed by atoms with Crippen molar-refractivity contribution < 1.29 is 27.9 Å². The van der Waals surface area contributed by atoms with E-state index in [2.05, 4.69) is 0 Å². The molecule has 1 fully saturated rings. The van der Waals surface area contributed by atoms with Gasteiger partial charge in [-0.15, -0.1) is 0 Å². The average molecular weight is 239 g/mol. The second kappa shape index (κ2) is 4.31. The Morgan fingerprint density at radius 3 is 2.31 bits per heavy atom. The van der Waals surface area contributed by atoms with Crippen LogP contribution in [0.2, 0.25) is 0 Å². The van der Waals surface area contributed by atoms with Crippen molar-refractivity contribution >= 4 is 11.9 Å². The molecule has 1 heterocycles. The Bertz CT molecular complexity index is 281. The van der Waals surface area contributed by atoms with Crippen molar-refractivity contribution in [2.45, 2.75) is 32.0 Å². The van der Waals surface area contributed by atoms with Gasteiger partial charge in [0.15, 0.2) is 0 Å². The smallest absolute Gasteiger partial charge is 0.409 e. The molecule has 0 aliphatic carbocycles. The summed E-state index contributed by atoms with van der Waals surface area (Å²) in [5, 5.41) is 8.73. The van der Waals surface area contributed by atoms with Gasteiger partial charge in [0.2, 0.25) is 5.91 Å². The molecule has 0 saturated carbocycles. The lowest BCUT2D eigenvalue weighted by molar-refractivity contribution is -0.211. The number of aliphatic carboxylic acids is 1. The molecule has 2 atom stereocenters. The molecule has 4 nitrogen and oxygen atoms in total. The molecule has 0 aromatic heterocycles. The van der Waals surface area contributed by atoms with Crippen LogP contribution in [0, 0.1) is 5.92 Å². The number of alkyl halides is 3. The van der Waals surface area contributed by atoms with E-state index in [0.717, 1.165) is 6.92 Å². The second-order valence-corrected chi connectivity index (χ2v) is 3.79. The quantitative estimate of drug-likeness (QED) is 0.749. The van der Waals surface area contributed by atoms with Gasteiger partial charge in [-0.3, -0.25) is 9.59 Å². The number of rotatable bonds is 1. The minimum absolute atomic E-state index is 0.0384. The van der Waals surface area contributed by atoms with E-state index >= 15 is 0 Å². The first-order valence-corrected chi connectivity index (χ1v) is 4.82. The van der Waals surface area contributed by atoms with Crippen LogP contribution in [0.5, 0.6) is 0 Å². The summed E-state index contributed by atoms with van der Waals surface area (Å²) in [5.41, 5.74) is 0. The Hall–Kier alpha value is -1.27. The fraction of sp³-hybridized carbons (Fsp3) is 0.778. The van der Waals surface area contributed by atoms with E-state index in [1.807, 2.05) is 0 Å². The van der Waals surface area contributed by atoms with Gasteiger partial charge >= 0.3 is 12.1 Å². The highest BCUT2D eigenvalue weighted by Crippen LogP contribution is 2.35. The van der Waals surface area contributed by atoms with Crippen LogP contribution in [0.1, 0.15) is 19.8 Å². The molecule has 0 radical (unpaired) electrons. The number of hydrogen-bond acceptors (Lipinski definition) is 2. The normalized spacial score (nSPS) is 26.6. The van der Waals surface area contributed by atoms with Crippen LogP contribution >= 0.6 is 0 Å². The van der Waals surface area contributed by atoms with Gasteiger partial charge in [-0.1, -0.05) is 0 Å². The Balaban J connectivity index is 3.03. The standard InChI is InChI=1S/C9H12F3NO3/c1-5(14)13-4-2-3-6(8(15)16)7(13)9(10,11)12/h6-7H,2-4H2,1H3,(H,15,16)/t6-,7+/m1/s1. The summed E-state index contributed by atoms with van der Waals surface area (Å²) in [6, 6.07) is -2.20. The van der Waals surface area contributed by atoms with Crippen LogP contribution in [0.15, 0.2) is 0 Å². The van der Waals surface area contributed by atoms with Gasteiger partial charge in [0, 0.05) is 13.5 Å². The molecule has 1 aliphatic rings. The predicted molar refractivity (Wildman–Crippen MR) is 47.6 cm³/mol. The number of likely N-dealkylation sites (tertiary alicyclic amines) is 1. The highest BCUT2D eigenvalue weighted by molar-refractivity contribution is 5.77. The first-order chi connectivity index (χ1) is 7.25. The van der Waals surface area contributed by atoms with Crippen molar-refractivity contribution in [2.24, 2.45) is 5.92 Å². The van der Waals surface area contributed by atoms with Gasteiger partial charge in [-0.05, 0) is 12.8 Å². The number of amides is 1. The van der Waals surface area contributed by atoms with E-state index in [1.165, 1.54) is 0 Å². The zero-order valence-electron chi connectivity index (χ0n) is 8.62. The van der Waals surface area contributed by atoms with Crippen molar-refractivity contribution in [3.05, 3.63) is 0 Å². The molecule has 16 heavy (non-hydrogen) atoms. The van der Waals surface area contributed by atoms with Crippen LogP contribution in [-0.4, -0.2) is 40.6 Å². The molecule has 0 aromatic rings. The van der Waals surface area contributed by atoms with Gasteiger partial charge in [0.05, 0.1) is 5.92 Å². The van der Waals surface area contributed by atoms with E-state index in [1.54, 1.807) is 0 Å². The Morgan fingerprint density at radius 2 is 1.94 bits per heavy atom. The molecular weight excluding hydrogens is 227 g/mol. The third kappa shape index (κ3) is 2.45. The first kappa shape index (κ1) is 12.8. The van der Waals surface area contributed by atoms with Crippen molar-refractivity contribution in [3.63, 3.8) is 0 Å². The fourth-order valence-electron chi connectivity index (χ4n) is 2.01. The number of carbonyl (C=O) groups is 2. The molecule has 7 heteroatoms. The zero-order valence-corrected chi connectivity index (χ0v) is 8.62. The number of carbonyl (C=O) groups excluding carboxylic acids is 1. The molecule has 1 N–H and O–H groups in total. The Labute approximate surface area is 90.0 Å². The third-order valence-electron chi connectivity index (χ3n) is 2.69. The van der Waals surface area contributed by atoms with Gasteiger partial charge in [-0.25, -0.2) is 0 Å². The lowest BCUT2D eigenvalue weighted by atomic mass is 9.88. The highest BCUT2D eigenvalue weighted by atomic mass is 19.4. The van der Waals surface area contributed by atoms with Gasteiger partial charge < -0.3 is 10.0 Å². The lowest BCUT2D eigenvalue weighted by Crippen LogP contribution is -2.57. The Kier molecular flexibility index (Phi) is 3.44. The van der Waals surface area contributed by atoms with Crippen molar-refractivity contribution in [3.8, 4) is 0 Å². The van der Waals surface area contributed by atoms with Gasteiger partial charge in [0.25, 0.3) is 0 Å². The van der Waals surface area contributed by atoms with Crippen LogP contribution in [-0.2, 0) is 9.59 Å².